The Kier molecular flexibility index (Phi) is 9.37. The van der Waals surface area contributed by atoms with Gasteiger partial charge in [-0.3, -0.25) is 0 Å². The molecule has 1 aromatic rings. The first kappa shape index (κ1) is 25.3. The molecule has 1 unspecified atom stereocenters. The van der Waals surface area contributed by atoms with E-state index in [1.54, 1.807) is 0 Å². The van der Waals surface area contributed by atoms with Gasteiger partial charge in [0, 0.05) is 0 Å². The van der Waals surface area contributed by atoms with Crippen molar-refractivity contribution < 1.29 is 4.39 Å². The molecule has 184 valence electrons. The SMILES string of the molecule is CCCCC1CCC(C2CCC(c3ccc(C4=CCC(CCC)CC4)c(Cl)c3F)CC2)CC1. The van der Waals surface area contributed by atoms with Gasteiger partial charge in [-0.25, -0.2) is 4.39 Å². The maximum atomic E-state index is 15.4. The molecule has 4 rings (SSSR count). The third kappa shape index (κ3) is 6.25. The van der Waals surface area contributed by atoms with Gasteiger partial charge in [0.2, 0.25) is 0 Å². The van der Waals surface area contributed by atoms with E-state index < -0.39 is 0 Å². The van der Waals surface area contributed by atoms with Crippen molar-refractivity contribution in [3.05, 3.63) is 40.2 Å². The zero-order chi connectivity index (χ0) is 23.2. The van der Waals surface area contributed by atoms with Gasteiger partial charge in [0.15, 0.2) is 0 Å². The second kappa shape index (κ2) is 12.2. The maximum absolute atomic E-state index is 15.4. The molecule has 2 heteroatoms. The molecule has 33 heavy (non-hydrogen) atoms. The molecular weight excluding hydrogens is 427 g/mol. The zero-order valence-corrected chi connectivity index (χ0v) is 21.9. The molecule has 0 N–H and O–H groups in total. The van der Waals surface area contributed by atoms with Crippen molar-refractivity contribution in [3.8, 4) is 0 Å². The first-order chi connectivity index (χ1) is 16.1. The highest BCUT2D eigenvalue weighted by molar-refractivity contribution is 6.32. The Morgan fingerprint density at radius 3 is 2.12 bits per heavy atom. The van der Waals surface area contributed by atoms with Crippen molar-refractivity contribution in [3.63, 3.8) is 0 Å². The first-order valence-corrected chi connectivity index (χ1v) is 14.7. The third-order valence-electron chi connectivity index (χ3n) is 9.41. The van der Waals surface area contributed by atoms with Crippen molar-refractivity contribution in [2.75, 3.05) is 0 Å². The fraction of sp³-hybridized carbons (Fsp3) is 0.742. The van der Waals surface area contributed by atoms with Gasteiger partial charge in [-0.15, -0.1) is 0 Å². The van der Waals surface area contributed by atoms with Crippen LogP contribution in [0, 0.1) is 29.5 Å². The van der Waals surface area contributed by atoms with Gasteiger partial charge in [-0.1, -0.05) is 88.6 Å². The normalized spacial score (nSPS) is 30.8. The second-order valence-corrected chi connectivity index (χ2v) is 11.9. The largest absolute Gasteiger partial charge is 0.205 e. The predicted molar refractivity (Wildman–Crippen MR) is 141 cm³/mol. The Morgan fingerprint density at radius 1 is 0.818 bits per heavy atom. The number of rotatable bonds is 8. The highest BCUT2D eigenvalue weighted by Gasteiger charge is 2.32. The molecule has 2 fully saturated rings. The average Bonchev–Trinajstić information content (AvgIpc) is 2.86. The molecule has 1 atom stereocenters. The third-order valence-corrected chi connectivity index (χ3v) is 9.78. The van der Waals surface area contributed by atoms with Crippen LogP contribution in [0.25, 0.3) is 5.57 Å². The van der Waals surface area contributed by atoms with Gasteiger partial charge in [0.1, 0.15) is 5.82 Å². The van der Waals surface area contributed by atoms with Crippen LogP contribution in [0.2, 0.25) is 5.02 Å². The van der Waals surface area contributed by atoms with Gasteiger partial charge in [0.05, 0.1) is 5.02 Å². The molecule has 3 aliphatic carbocycles. The minimum atomic E-state index is -0.134. The Bertz CT molecular complexity index is 780. The number of benzene rings is 1. The van der Waals surface area contributed by atoms with Gasteiger partial charge in [0.25, 0.3) is 0 Å². The van der Waals surface area contributed by atoms with Crippen molar-refractivity contribution >= 4 is 17.2 Å². The molecule has 0 bridgehead atoms. The molecule has 1 aromatic carbocycles. The summed E-state index contributed by atoms with van der Waals surface area (Å²) in [5, 5.41) is 0.375. The van der Waals surface area contributed by atoms with Crippen molar-refractivity contribution in [2.24, 2.45) is 23.7 Å². The van der Waals surface area contributed by atoms with Crippen LogP contribution >= 0.6 is 11.6 Å². The van der Waals surface area contributed by atoms with Crippen molar-refractivity contribution in [1.82, 2.24) is 0 Å². The van der Waals surface area contributed by atoms with Gasteiger partial charge < -0.3 is 0 Å². The van der Waals surface area contributed by atoms with Gasteiger partial charge in [-0.05, 0) is 104 Å². The van der Waals surface area contributed by atoms with E-state index in [9.17, 15) is 0 Å². The molecule has 0 heterocycles. The van der Waals surface area contributed by atoms with Crippen LogP contribution in [0.15, 0.2) is 18.2 Å². The van der Waals surface area contributed by atoms with E-state index in [4.69, 9.17) is 11.6 Å². The molecule has 0 spiro atoms. The minimum Gasteiger partial charge on any atom is -0.205 e. The lowest BCUT2D eigenvalue weighted by Crippen LogP contribution is -2.25. The molecule has 0 nitrogen and oxygen atoms in total. The Balaban J connectivity index is 1.32. The van der Waals surface area contributed by atoms with Crippen LogP contribution in [0.4, 0.5) is 4.39 Å². The minimum absolute atomic E-state index is 0.134. The summed E-state index contributed by atoms with van der Waals surface area (Å²) in [6, 6.07) is 4.19. The van der Waals surface area contributed by atoms with Crippen molar-refractivity contribution in [2.45, 2.75) is 122 Å². The molecule has 0 amide bonds. The summed E-state index contributed by atoms with van der Waals surface area (Å²) in [5.41, 5.74) is 3.09. The van der Waals surface area contributed by atoms with Crippen LogP contribution in [0.5, 0.6) is 0 Å². The summed E-state index contributed by atoms with van der Waals surface area (Å²) in [6.07, 6.45) is 23.0. The van der Waals surface area contributed by atoms with Crippen LogP contribution < -0.4 is 0 Å². The second-order valence-electron chi connectivity index (χ2n) is 11.5. The molecule has 0 radical (unpaired) electrons. The summed E-state index contributed by atoms with van der Waals surface area (Å²) in [7, 11) is 0. The highest BCUT2D eigenvalue weighted by atomic mass is 35.5. The van der Waals surface area contributed by atoms with Gasteiger partial charge >= 0.3 is 0 Å². The summed E-state index contributed by atoms with van der Waals surface area (Å²) in [5.74, 6) is 3.80. The summed E-state index contributed by atoms with van der Waals surface area (Å²) in [6.45, 7) is 4.57. The van der Waals surface area contributed by atoms with E-state index in [-0.39, 0.29) is 5.82 Å². The molecule has 0 aromatic heterocycles. The number of halogens is 2. The Hall–Kier alpha value is -0.820. The summed E-state index contributed by atoms with van der Waals surface area (Å²) >= 11 is 6.63. The Labute approximate surface area is 207 Å². The predicted octanol–water partition coefficient (Wildman–Crippen LogP) is 10.7. The van der Waals surface area contributed by atoms with Crippen molar-refractivity contribution in [1.29, 1.82) is 0 Å². The Morgan fingerprint density at radius 2 is 1.52 bits per heavy atom. The van der Waals surface area contributed by atoms with Gasteiger partial charge in [-0.2, -0.15) is 0 Å². The van der Waals surface area contributed by atoms with Crippen LogP contribution in [0.3, 0.4) is 0 Å². The fourth-order valence-corrected chi connectivity index (χ4v) is 7.57. The lowest BCUT2D eigenvalue weighted by atomic mass is 9.68. The van der Waals surface area contributed by atoms with E-state index in [1.165, 1.54) is 82.6 Å². The fourth-order valence-electron chi connectivity index (χ4n) is 7.27. The van der Waals surface area contributed by atoms with E-state index >= 15 is 4.39 Å². The lowest BCUT2D eigenvalue weighted by molar-refractivity contribution is 0.155. The molecule has 3 aliphatic rings. The smallest absolute Gasteiger partial charge is 0.145 e. The maximum Gasteiger partial charge on any atom is 0.145 e. The zero-order valence-electron chi connectivity index (χ0n) is 21.2. The highest BCUT2D eigenvalue weighted by Crippen LogP contribution is 2.46. The standard InChI is InChI=1S/C31H46ClF/c1-3-5-7-23-8-12-24(13-9-23)25-16-18-27(19-17-25)29-21-20-28(30(32)31(29)33)26-14-10-22(6-4-2)11-15-26/h14,20-25,27H,3-13,15-19H2,1-2H3. The summed E-state index contributed by atoms with van der Waals surface area (Å²) in [4.78, 5) is 0. The van der Waals surface area contributed by atoms with E-state index in [0.717, 1.165) is 60.5 Å². The van der Waals surface area contributed by atoms with Crippen LogP contribution in [-0.2, 0) is 0 Å². The number of hydrogen-bond acceptors (Lipinski definition) is 0. The summed E-state index contributed by atoms with van der Waals surface area (Å²) < 4.78 is 15.4. The molecule has 0 saturated heterocycles. The van der Waals surface area contributed by atoms with E-state index in [0.29, 0.717) is 10.9 Å². The topological polar surface area (TPSA) is 0 Å². The average molecular weight is 473 g/mol. The number of allylic oxidation sites excluding steroid dienone is 2. The monoisotopic (exact) mass is 472 g/mol. The lowest BCUT2D eigenvalue weighted by Gasteiger charge is -2.38. The van der Waals surface area contributed by atoms with E-state index in [2.05, 4.69) is 32.1 Å². The number of hydrogen-bond donors (Lipinski definition) is 0. The van der Waals surface area contributed by atoms with Crippen LogP contribution in [-0.4, -0.2) is 0 Å². The quantitative estimate of drug-likeness (QED) is 0.352. The molecule has 2 saturated carbocycles. The number of unbranched alkanes of at least 4 members (excludes halogenated alkanes) is 1. The van der Waals surface area contributed by atoms with Crippen LogP contribution in [0.1, 0.15) is 134 Å². The first-order valence-electron chi connectivity index (χ1n) is 14.3. The molecule has 0 aliphatic heterocycles. The van der Waals surface area contributed by atoms with E-state index in [1.807, 2.05) is 0 Å². The molecular formula is C31H46ClF.